The second kappa shape index (κ2) is 9.38. The Labute approximate surface area is 195 Å². The molecule has 4 aromatic rings. The number of benzene rings is 3. The number of hydrogen-bond acceptors (Lipinski definition) is 5. The van der Waals surface area contributed by atoms with Crippen molar-refractivity contribution in [1.82, 2.24) is 0 Å². The molecule has 0 saturated carbocycles. The summed E-state index contributed by atoms with van der Waals surface area (Å²) in [6.45, 7) is 5.59. The van der Waals surface area contributed by atoms with Crippen LogP contribution < -0.4 is 20.2 Å². The summed E-state index contributed by atoms with van der Waals surface area (Å²) in [5.74, 6) is 0.719. The minimum atomic E-state index is -0.339. The largest absolute Gasteiger partial charge is 0.484 e. The van der Waals surface area contributed by atoms with Gasteiger partial charge in [-0.3, -0.25) is 9.59 Å². The zero-order valence-electron chi connectivity index (χ0n) is 18.4. The van der Waals surface area contributed by atoms with Gasteiger partial charge in [0.1, 0.15) is 23.3 Å². The van der Waals surface area contributed by atoms with E-state index >= 15 is 0 Å². The highest BCUT2D eigenvalue weighted by molar-refractivity contribution is 6.31. The predicted molar refractivity (Wildman–Crippen MR) is 129 cm³/mol. The summed E-state index contributed by atoms with van der Waals surface area (Å²) < 4.78 is 16.9. The molecule has 0 aliphatic rings. The highest BCUT2D eigenvalue weighted by atomic mass is 35.5. The van der Waals surface area contributed by atoms with E-state index in [4.69, 9.17) is 25.5 Å². The second-order valence-electron chi connectivity index (χ2n) is 7.81. The van der Waals surface area contributed by atoms with E-state index in [0.717, 1.165) is 16.7 Å². The average molecular weight is 464 g/mol. The summed E-state index contributed by atoms with van der Waals surface area (Å²) in [5, 5.41) is 3.65. The molecule has 0 aliphatic carbocycles. The Morgan fingerprint density at radius 1 is 0.970 bits per heavy atom. The van der Waals surface area contributed by atoms with Gasteiger partial charge in [-0.05, 0) is 73.9 Å². The molecule has 0 aliphatic heterocycles. The Bertz CT molecular complexity index is 1390. The van der Waals surface area contributed by atoms with Gasteiger partial charge < -0.3 is 19.2 Å². The lowest BCUT2D eigenvalue weighted by molar-refractivity contribution is -0.118. The van der Waals surface area contributed by atoms with Crippen LogP contribution in [0, 0.1) is 20.8 Å². The fourth-order valence-corrected chi connectivity index (χ4v) is 3.57. The van der Waals surface area contributed by atoms with Crippen LogP contribution in [0.3, 0.4) is 0 Å². The number of ether oxygens (including phenoxy) is 2. The number of carbonyl (C=O) groups is 1. The quantitative estimate of drug-likeness (QED) is 0.369. The van der Waals surface area contributed by atoms with Crippen LogP contribution in [0.5, 0.6) is 17.2 Å². The van der Waals surface area contributed by atoms with Crippen molar-refractivity contribution < 1.29 is 18.7 Å². The van der Waals surface area contributed by atoms with Crippen molar-refractivity contribution in [2.24, 2.45) is 0 Å². The Morgan fingerprint density at radius 2 is 1.73 bits per heavy atom. The summed E-state index contributed by atoms with van der Waals surface area (Å²) in [7, 11) is 0. The first-order valence-corrected chi connectivity index (χ1v) is 10.7. The van der Waals surface area contributed by atoms with E-state index in [1.807, 2.05) is 45.0 Å². The minimum Gasteiger partial charge on any atom is -0.484 e. The maximum Gasteiger partial charge on any atom is 0.262 e. The monoisotopic (exact) mass is 463 g/mol. The predicted octanol–water partition coefficient (Wildman–Crippen LogP) is 6.18. The molecule has 7 heteroatoms. The number of carbonyl (C=O) groups excluding carboxylic acids is 1. The van der Waals surface area contributed by atoms with Gasteiger partial charge >= 0.3 is 0 Å². The van der Waals surface area contributed by atoms with Gasteiger partial charge in [0, 0.05) is 16.8 Å². The molecule has 0 spiro atoms. The third-order valence-electron chi connectivity index (χ3n) is 4.96. The number of fused-ring (bicyclic) bond motifs is 1. The Hall–Kier alpha value is -3.77. The molecule has 0 atom stereocenters. The van der Waals surface area contributed by atoms with E-state index < -0.39 is 0 Å². The summed E-state index contributed by atoms with van der Waals surface area (Å²) in [6.07, 6.45) is 1.28. The number of halogens is 1. The number of rotatable bonds is 6. The number of aryl methyl sites for hydroxylation is 3. The average Bonchev–Trinajstić information content (AvgIpc) is 2.76. The lowest BCUT2D eigenvalue weighted by Gasteiger charge is -2.10. The molecule has 0 fully saturated rings. The van der Waals surface area contributed by atoms with E-state index in [2.05, 4.69) is 5.32 Å². The summed E-state index contributed by atoms with van der Waals surface area (Å²) in [5.41, 5.74) is 3.61. The highest BCUT2D eigenvalue weighted by Gasteiger charge is 2.12. The molecular formula is C26H22ClNO5. The van der Waals surface area contributed by atoms with Crippen molar-refractivity contribution in [3.63, 3.8) is 0 Å². The Kier molecular flexibility index (Phi) is 6.38. The van der Waals surface area contributed by atoms with Crippen molar-refractivity contribution in [1.29, 1.82) is 0 Å². The molecule has 0 unspecified atom stereocenters. The van der Waals surface area contributed by atoms with E-state index in [1.54, 1.807) is 30.3 Å². The molecular weight excluding hydrogens is 442 g/mol. The number of anilines is 1. The van der Waals surface area contributed by atoms with Crippen molar-refractivity contribution in [2.45, 2.75) is 20.8 Å². The third kappa shape index (κ3) is 5.35. The maximum absolute atomic E-state index is 12.8. The molecule has 3 aromatic carbocycles. The lowest BCUT2D eigenvalue weighted by atomic mass is 10.1. The van der Waals surface area contributed by atoms with Gasteiger partial charge in [-0.15, -0.1) is 0 Å². The summed E-state index contributed by atoms with van der Waals surface area (Å²) in [6, 6.07) is 15.7. The molecule has 0 saturated heterocycles. The van der Waals surface area contributed by atoms with Crippen LogP contribution in [0.4, 0.5) is 5.69 Å². The maximum atomic E-state index is 12.8. The molecule has 1 amide bonds. The molecule has 0 radical (unpaired) electrons. The highest BCUT2D eigenvalue weighted by Crippen LogP contribution is 2.25. The fourth-order valence-electron chi connectivity index (χ4n) is 3.39. The van der Waals surface area contributed by atoms with Crippen LogP contribution in [0.25, 0.3) is 11.0 Å². The van der Waals surface area contributed by atoms with Gasteiger partial charge in [0.25, 0.3) is 5.91 Å². The van der Waals surface area contributed by atoms with Crippen LogP contribution in [0.1, 0.15) is 16.7 Å². The first-order valence-electron chi connectivity index (χ1n) is 10.3. The fraction of sp³-hybridized carbons (Fsp3) is 0.154. The Balaban J connectivity index is 1.45. The molecule has 4 rings (SSSR count). The first-order chi connectivity index (χ1) is 15.8. The zero-order valence-corrected chi connectivity index (χ0v) is 19.2. The van der Waals surface area contributed by atoms with E-state index in [0.29, 0.717) is 33.2 Å². The summed E-state index contributed by atoms with van der Waals surface area (Å²) in [4.78, 5) is 25.0. The summed E-state index contributed by atoms with van der Waals surface area (Å²) >= 11 is 6.08. The van der Waals surface area contributed by atoms with Gasteiger partial charge in [0.2, 0.25) is 11.2 Å². The zero-order chi connectivity index (χ0) is 23.5. The van der Waals surface area contributed by atoms with Gasteiger partial charge in [-0.25, -0.2) is 0 Å². The van der Waals surface area contributed by atoms with Gasteiger partial charge in [-0.1, -0.05) is 23.7 Å². The van der Waals surface area contributed by atoms with Crippen LogP contribution >= 0.6 is 11.6 Å². The van der Waals surface area contributed by atoms with Crippen LogP contribution in [-0.4, -0.2) is 12.5 Å². The topological polar surface area (TPSA) is 77.8 Å². The minimum absolute atomic E-state index is 0.0947. The molecule has 0 bridgehead atoms. The molecule has 6 nitrogen and oxygen atoms in total. The van der Waals surface area contributed by atoms with Crippen LogP contribution in [0.15, 0.2) is 70.1 Å². The van der Waals surface area contributed by atoms with E-state index in [9.17, 15) is 9.59 Å². The van der Waals surface area contributed by atoms with Crippen molar-refractivity contribution >= 4 is 34.2 Å². The van der Waals surface area contributed by atoms with Gasteiger partial charge in [-0.2, -0.15) is 0 Å². The van der Waals surface area contributed by atoms with Crippen molar-refractivity contribution in [3.05, 3.63) is 92.8 Å². The van der Waals surface area contributed by atoms with Crippen LogP contribution in [-0.2, 0) is 4.79 Å². The molecule has 1 heterocycles. The van der Waals surface area contributed by atoms with Gasteiger partial charge in [0.05, 0.1) is 5.39 Å². The SMILES string of the molecule is Cc1cc(C)cc(Oc2coc3cc(OCC(=O)Nc4ccc(C)c(Cl)c4)ccc3c2=O)c1. The molecule has 168 valence electrons. The van der Waals surface area contributed by atoms with Crippen molar-refractivity contribution in [2.75, 3.05) is 11.9 Å². The van der Waals surface area contributed by atoms with Crippen molar-refractivity contribution in [3.8, 4) is 17.2 Å². The molecule has 33 heavy (non-hydrogen) atoms. The molecule has 1 N–H and O–H groups in total. The Morgan fingerprint density at radius 3 is 2.45 bits per heavy atom. The van der Waals surface area contributed by atoms with Crippen LogP contribution in [0.2, 0.25) is 5.02 Å². The van der Waals surface area contributed by atoms with Gasteiger partial charge in [0.15, 0.2) is 6.61 Å². The number of amides is 1. The number of nitrogens with one attached hydrogen (secondary N) is 1. The lowest BCUT2D eigenvalue weighted by Crippen LogP contribution is -2.20. The second-order valence-corrected chi connectivity index (χ2v) is 8.22. The van der Waals surface area contributed by atoms with E-state index in [1.165, 1.54) is 6.26 Å². The third-order valence-corrected chi connectivity index (χ3v) is 5.37. The smallest absolute Gasteiger partial charge is 0.262 e. The normalized spacial score (nSPS) is 10.8. The standard InChI is InChI=1S/C26H22ClNO5/c1-15-8-16(2)10-20(9-15)33-24-13-32-23-12-19(6-7-21(23)26(24)30)31-14-25(29)28-18-5-4-17(3)22(27)11-18/h4-13H,14H2,1-3H3,(H,28,29). The number of hydrogen-bond donors (Lipinski definition) is 1. The molecule has 1 aromatic heterocycles. The first kappa shape index (κ1) is 22.4. The van der Waals surface area contributed by atoms with E-state index in [-0.39, 0.29) is 23.7 Å².